The maximum atomic E-state index is 13.1. The smallest absolute Gasteiger partial charge is 0.253 e. The fourth-order valence-electron chi connectivity index (χ4n) is 3.59. The van der Waals surface area contributed by atoms with Gasteiger partial charge < -0.3 is 15.5 Å². The molecule has 1 aliphatic rings. The Balaban J connectivity index is 2.01. The van der Waals surface area contributed by atoms with Gasteiger partial charge in [-0.25, -0.2) is 0 Å². The maximum absolute atomic E-state index is 13.1. The Morgan fingerprint density at radius 3 is 2.54 bits per heavy atom. The number of nitrogens with two attached hydrogens (primary N) is 1. The van der Waals surface area contributed by atoms with Crippen molar-refractivity contribution in [2.24, 2.45) is 17.1 Å². The molecule has 0 aliphatic carbocycles. The summed E-state index contributed by atoms with van der Waals surface area (Å²) < 4.78 is 0. The number of hydrogen-bond donors (Lipinski definition) is 1. The van der Waals surface area contributed by atoms with Crippen LogP contribution in [0.25, 0.3) is 0 Å². The second-order valence-corrected chi connectivity index (χ2v) is 8.18. The number of carbonyl (C=O) groups excluding carboxylic acids is 2. The topological polar surface area (TPSA) is 66.6 Å². The zero-order valence-corrected chi connectivity index (χ0v) is 16.6. The van der Waals surface area contributed by atoms with Gasteiger partial charge in [0.1, 0.15) is 0 Å². The van der Waals surface area contributed by atoms with Crippen LogP contribution in [-0.2, 0) is 4.79 Å². The summed E-state index contributed by atoms with van der Waals surface area (Å²) in [6.45, 7) is 8.02. The molecule has 0 spiro atoms. The summed E-state index contributed by atoms with van der Waals surface area (Å²) in [7, 11) is 1.85. The summed E-state index contributed by atoms with van der Waals surface area (Å²) in [5.74, 6) is 0.524. The van der Waals surface area contributed by atoms with Crippen molar-refractivity contribution in [2.75, 3.05) is 26.7 Å². The Morgan fingerprint density at radius 1 is 1.27 bits per heavy atom. The normalized spacial score (nSPS) is 21.5. The first kappa shape index (κ1) is 20.4. The van der Waals surface area contributed by atoms with E-state index in [9.17, 15) is 9.59 Å². The number of hydrogen-bond acceptors (Lipinski definition) is 3. The highest BCUT2D eigenvalue weighted by molar-refractivity contribution is 5.95. The highest BCUT2D eigenvalue weighted by Crippen LogP contribution is 2.32. The van der Waals surface area contributed by atoms with E-state index in [1.807, 2.05) is 49.2 Å². The Morgan fingerprint density at radius 2 is 1.92 bits per heavy atom. The molecule has 2 atom stereocenters. The van der Waals surface area contributed by atoms with Crippen molar-refractivity contribution >= 4 is 11.8 Å². The van der Waals surface area contributed by atoms with Crippen molar-refractivity contribution in [1.82, 2.24) is 9.80 Å². The second-order valence-electron chi connectivity index (χ2n) is 8.18. The van der Waals surface area contributed by atoms with Gasteiger partial charge in [-0.15, -0.1) is 0 Å². The number of piperidine rings is 1. The largest absolute Gasteiger partial charge is 0.345 e. The third-order valence-corrected chi connectivity index (χ3v) is 5.52. The summed E-state index contributed by atoms with van der Waals surface area (Å²) in [6, 6.07) is 9.39. The molecule has 1 heterocycles. The Bertz CT molecular complexity index is 617. The van der Waals surface area contributed by atoms with Crippen molar-refractivity contribution < 1.29 is 9.59 Å². The highest BCUT2D eigenvalue weighted by Gasteiger charge is 2.41. The summed E-state index contributed by atoms with van der Waals surface area (Å²) in [4.78, 5) is 29.4. The van der Waals surface area contributed by atoms with E-state index < -0.39 is 5.41 Å². The molecule has 2 unspecified atom stereocenters. The molecule has 2 amide bonds. The van der Waals surface area contributed by atoms with Crippen LogP contribution in [0, 0.1) is 11.3 Å². The van der Waals surface area contributed by atoms with Crippen LogP contribution in [0.3, 0.4) is 0 Å². The zero-order chi connectivity index (χ0) is 19.3. The molecule has 1 aliphatic heterocycles. The quantitative estimate of drug-likeness (QED) is 0.849. The average Bonchev–Trinajstić information content (AvgIpc) is 2.65. The van der Waals surface area contributed by atoms with E-state index in [4.69, 9.17) is 5.73 Å². The van der Waals surface area contributed by atoms with E-state index in [0.717, 1.165) is 19.3 Å². The molecule has 5 nitrogen and oxygen atoms in total. The van der Waals surface area contributed by atoms with Crippen molar-refractivity contribution in [3.63, 3.8) is 0 Å². The van der Waals surface area contributed by atoms with Crippen LogP contribution in [0.15, 0.2) is 30.3 Å². The van der Waals surface area contributed by atoms with Gasteiger partial charge in [-0.3, -0.25) is 9.59 Å². The molecule has 5 heteroatoms. The third-order valence-electron chi connectivity index (χ3n) is 5.52. The van der Waals surface area contributed by atoms with E-state index >= 15 is 0 Å². The molecule has 0 aromatic heterocycles. The molecule has 0 radical (unpaired) electrons. The Kier molecular flexibility index (Phi) is 6.81. The van der Waals surface area contributed by atoms with Gasteiger partial charge in [-0.05, 0) is 44.2 Å². The highest BCUT2D eigenvalue weighted by atomic mass is 16.2. The van der Waals surface area contributed by atoms with Crippen LogP contribution >= 0.6 is 0 Å². The zero-order valence-electron chi connectivity index (χ0n) is 16.6. The first-order chi connectivity index (χ1) is 12.2. The van der Waals surface area contributed by atoms with E-state index in [-0.39, 0.29) is 17.9 Å². The molecule has 2 N–H and O–H groups in total. The fourth-order valence-corrected chi connectivity index (χ4v) is 3.59. The van der Waals surface area contributed by atoms with Gasteiger partial charge in [0, 0.05) is 38.3 Å². The lowest BCUT2D eigenvalue weighted by molar-refractivity contribution is -0.142. The van der Waals surface area contributed by atoms with Crippen LogP contribution in [0.2, 0.25) is 0 Å². The van der Waals surface area contributed by atoms with Gasteiger partial charge in [0.15, 0.2) is 0 Å². The molecule has 1 fully saturated rings. The summed E-state index contributed by atoms with van der Waals surface area (Å²) >= 11 is 0. The minimum Gasteiger partial charge on any atom is -0.345 e. The van der Waals surface area contributed by atoms with Crippen LogP contribution in [0.4, 0.5) is 0 Å². The van der Waals surface area contributed by atoms with Gasteiger partial charge >= 0.3 is 0 Å². The SMILES string of the molecule is CC(C)C(N)CCN(C)C(=O)C1(C)CCCN(C(=O)c2ccccc2)C1. The predicted molar refractivity (Wildman–Crippen MR) is 105 cm³/mol. The maximum Gasteiger partial charge on any atom is 0.253 e. The van der Waals surface area contributed by atoms with Crippen molar-refractivity contribution in [3.05, 3.63) is 35.9 Å². The molecule has 0 saturated carbocycles. The van der Waals surface area contributed by atoms with E-state index in [1.54, 1.807) is 4.90 Å². The number of benzene rings is 1. The Hall–Kier alpha value is -1.88. The number of amides is 2. The predicted octanol–water partition coefficient (Wildman–Crippen LogP) is 2.76. The number of nitrogens with zero attached hydrogens (tertiary/aromatic N) is 2. The van der Waals surface area contributed by atoms with Crippen LogP contribution in [0.1, 0.15) is 50.4 Å². The number of rotatable bonds is 6. The lowest BCUT2D eigenvalue weighted by Crippen LogP contribution is -2.52. The molecule has 26 heavy (non-hydrogen) atoms. The molecule has 144 valence electrons. The van der Waals surface area contributed by atoms with E-state index in [1.165, 1.54) is 0 Å². The van der Waals surface area contributed by atoms with E-state index in [0.29, 0.717) is 31.1 Å². The molecule has 2 rings (SSSR count). The van der Waals surface area contributed by atoms with Gasteiger partial charge in [-0.1, -0.05) is 32.0 Å². The van der Waals surface area contributed by atoms with Crippen molar-refractivity contribution in [1.29, 1.82) is 0 Å². The van der Waals surface area contributed by atoms with Crippen molar-refractivity contribution in [2.45, 2.75) is 46.1 Å². The second kappa shape index (κ2) is 8.67. The first-order valence-corrected chi connectivity index (χ1v) is 9.60. The monoisotopic (exact) mass is 359 g/mol. The Labute approximate surface area is 157 Å². The molecule has 0 bridgehead atoms. The molecule has 1 aromatic rings. The summed E-state index contributed by atoms with van der Waals surface area (Å²) in [5, 5.41) is 0. The van der Waals surface area contributed by atoms with Crippen LogP contribution in [-0.4, -0.2) is 54.3 Å². The van der Waals surface area contributed by atoms with Gasteiger partial charge in [-0.2, -0.15) is 0 Å². The summed E-state index contributed by atoms with van der Waals surface area (Å²) in [6.07, 6.45) is 2.45. The van der Waals surface area contributed by atoms with Crippen LogP contribution < -0.4 is 5.73 Å². The third kappa shape index (κ3) is 4.85. The number of carbonyl (C=O) groups is 2. The van der Waals surface area contributed by atoms with E-state index in [2.05, 4.69) is 13.8 Å². The van der Waals surface area contributed by atoms with Gasteiger partial charge in [0.2, 0.25) is 5.91 Å². The van der Waals surface area contributed by atoms with Crippen molar-refractivity contribution in [3.8, 4) is 0 Å². The van der Waals surface area contributed by atoms with Gasteiger partial charge in [0.05, 0.1) is 5.41 Å². The molecular weight excluding hydrogens is 326 g/mol. The van der Waals surface area contributed by atoms with Crippen LogP contribution in [0.5, 0.6) is 0 Å². The average molecular weight is 360 g/mol. The molecule has 1 aromatic carbocycles. The minimum absolute atomic E-state index is 0.00816. The fraction of sp³-hybridized carbons (Fsp3) is 0.619. The molecule has 1 saturated heterocycles. The lowest BCUT2D eigenvalue weighted by atomic mass is 9.80. The lowest BCUT2D eigenvalue weighted by Gasteiger charge is -2.41. The standard InChI is InChI=1S/C21H33N3O2/c1-16(2)18(22)11-14-23(4)20(26)21(3)12-8-13-24(15-21)19(25)17-9-6-5-7-10-17/h5-7,9-10,16,18H,8,11-15,22H2,1-4H3. The molecular formula is C21H33N3O2. The first-order valence-electron chi connectivity index (χ1n) is 9.60. The number of likely N-dealkylation sites (tertiary alicyclic amines) is 1. The minimum atomic E-state index is -0.528. The van der Waals surface area contributed by atoms with Gasteiger partial charge in [0.25, 0.3) is 5.91 Å². The summed E-state index contributed by atoms with van der Waals surface area (Å²) in [5.41, 5.74) is 6.26.